The Hall–Kier alpha value is -0.645. The third-order valence-corrected chi connectivity index (χ3v) is 1.58. The van der Waals surface area contributed by atoms with Crippen molar-refractivity contribution >= 4 is 0 Å². The SMILES string of the molecule is [CH]c1nnc(-c2ccccc2O)o1.[La]. The normalized spacial score (nSPS) is 9.50. The van der Waals surface area contributed by atoms with Crippen molar-refractivity contribution in [3.05, 3.63) is 37.1 Å². The van der Waals surface area contributed by atoms with Crippen LogP contribution in [0.25, 0.3) is 11.5 Å². The van der Waals surface area contributed by atoms with E-state index in [1.807, 2.05) is 0 Å². The number of hydrogen-bond donors (Lipinski definition) is 1. The number of hydrogen-bond acceptors (Lipinski definition) is 4. The second-order valence-electron chi connectivity index (χ2n) is 2.46. The second kappa shape index (κ2) is 4.73. The van der Waals surface area contributed by atoms with Crippen LogP contribution >= 0.6 is 0 Å². The molecule has 1 N–H and O–H groups in total. The molecule has 0 aliphatic heterocycles. The third-order valence-electron chi connectivity index (χ3n) is 1.58. The van der Waals surface area contributed by atoms with Crippen molar-refractivity contribution in [1.29, 1.82) is 0 Å². The van der Waals surface area contributed by atoms with E-state index in [0.29, 0.717) is 5.56 Å². The maximum Gasteiger partial charge on any atom is 0.251 e. The van der Waals surface area contributed by atoms with Gasteiger partial charge in [-0.1, -0.05) is 12.1 Å². The Balaban J connectivity index is 0.000000980. The summed E-state index contributed by atoms with van der Waals surface area (Å²) in [7, 11) is 0. The van der Waals surface area contributed by atoms with Crippen LogP contribution < -0.4 is 0 Å². The molecule has 2 rings (SSSR count). The molecule has 0 aliphatic carbocycles. The van der Waals surface area contributed by atoms with Gasteiger partial charge in [-0.05, 0) is 12.1 Å². The molecule has 5 heteroatoms. The Bertz CT molecular complexity index is 428. The molecule has 0 amide bonds. The molecule has 1 aromatic heterocycles. The smallest absolute Gasteiger partial charge is 0.251 e. The summed E-state index contributed by atoms with van der Waals surface area (Å²) in [5.41, 5.74) is 0.478. The number of para-hydroxylation sites is 1. The standard InChI is InChI=1S/C9H6N2O2.La/c1-6-10-11-9(13-6)7-4-2-3-5-8(7)12;/h1-5,12H;. The van der Waals surface area contributed by atoms with Crippen molar-refractivity contribution in [3.8, 4) is 17.2 Å². The van der Waals surface area contributed by atoms with Crippen LogP contribution in [0.4, 0.5) is 0 Å². The van der Waals surface area contributed by atoms with Gasteiger partial charge in [0.25, 0.3) is 5.89 Å². The number of phenolic OH excluding ortho intramolecular Hbond substituents is 1. The zero-order valence-corrected chi connectivity index (χ0v) is 10.8. The molecule has 0 spiro atoms. The van der Waals surface area contributed by atoms with Crippen molar-refractivity contribution in [2.45, 2.75) is 0 Å². The number of aromatic nitrogens is 2. The van der Waals surface area contributed by atoms with Gasteiger partial charge in [0.1, 0.15) is 5.75 Å². The molecule has 67 valence electrons. The summed E-state index contributed by atoms with van der Waals surface area (Å²) >= 11 is 0. The van der Waals surface area contributed by atoms with Crippen LogP contribution in [0.2, 0.25) is 0 Å². The van der Waals surface area contributed by atoms with E-state index in [2.05, 4.69) is 10.2 Å². The van der Waals surface area contributed by atoms with E-state index in [-0.39, 0.29) is 53.1 Å². The molecule has 2 aromatic rings. The van der Waals surface area contributed by atoms with Crippen molar-refractivity contribution in [1.82, 2.24) is 10.2 Å². The van der Waals surface area contributed by atoms with Crippen molar-refractivity contribution in [2.24, 2.45) is 0 Å². The number of nitrogens with zero attached hydrogens (tertiary/aromatic N) is 2. The predicted molar refractivity (Wildman–Crippen MR) is 44.8 cm³/mol. The monoisotopic (exact) mass is 313 g/mol. The largest absolute Gasteiger partial charge is 0.507 e. The first-order chi connectivity index (χ1) is 6.27. The quantitative estimate of drug-likeness (QED) is 0.867. The maximum absolute atomic E-state index is 9.40. The van der Waals surface area contributed by atoms with Crippen LogP contribution in [0.5, 0.6) is 5.75 Å². The zero-order chi connectivity index (χ0) is 9.26. The first-order valence-electron chi connectivity index (χ1n) is 3.65. The second-order valence-corrected chi connectivity index (χ2v) is 2.46. The van der Waals surface area contributed by atoms with Crippen LogP contribution in [-0.2, 0) is 0 Å². The predicted octanol–water partition coefficient (Wildman–Crippen LogP) is 1.50. The van der Waals surface area contributed by atoms with Gasteiger partial charge in [0.2, 0.25) is 5.89 Å². The molecule has 0 atom stereocenters. The molecule has 1 aromatic carbocycles. The van der Waals surface area contributed by atoms with Gasteiger partial charge in [-0.15, -0.1) is 10.2 Å². The summed E-state index contributed by atoms with van der Waals surface area (Å²) in [6.45, 7) is 5.24. The minimum atomic E-state index is -0.0155. The number of aromatic hydroxyl groups is 1. The molecule has 0 saturated heterocycles. The molecule has 0 saturated carbocycles. The molecule has 0 bridgehead atoms. The topological polar surface area (TPSA) is 59.2 Å². The summed E-state index contributed by atoms with van der Waals surface area (Å²) in [6.07, 6.45) is 0. The van der Waals surface area contributed by atoms with Crippen molar-refractivity contribution < 1.29 is 45.1 Å². The van der Waals surface area contributed by atoms with Crippen molar-refractivity contribution in [3.63, 3.8) is 0 Å². The average Bonchev–Trinajstić information content (AvgIpc) is 2.53. The average molecular weight is 313 g/mol. The van der Waals surface area contributed by atoms with E-state index >= 15 is 0 Å². The van der Waals surface area contributed by atoms with Gasteiger partial charge in [0.05, 0.1) is 12.5 Å². The van der Waals surface area contributed by atoms with Gasteiger partial charge in [-0.25, -0.2) is 0 Å². The van der Waals surface area contributed by atoms with E-state index < -0.39 is 0 Å². The van der Waals surface area contributed by atoms with Crippen LogP contribution in [-0.4, -0.2) is 15.3 Å². The van der Waals surface area contributed by atoms with Gasteiger partial charge in [0, 0.05) is 35.6 Å². The molecule has 4 nitrogen and oxygen atoms in total. The zero-order valence-electron chi connectivity index (χ0n) is 7.21. The molecule has 0 fully saturated rings. The van der Waals surface area contributed by atoms with Gasteiger partial charge in [-0.3, -0.25) is 0 Å². The van der Waals surface area contributed by atoms with Crippen molar-refractivity contribution in [2.75, 3.05) is 0 Å². The molecular weight excluding hydrogens is 307 g/mol. The Morgan fingerprint density at radius 3 is 2.50 bits per heavy atom. The molecule has 0 unspecified atom stereocenters. The molecule has 1 heterocycles. The number of phenols is 1. The van der Waals surface area contributed by atoms with Gasteiger partial charge in [0.15, 0.2) is 0 Å². The van der Waals surface area contributed by atoms with Gasteiger partial charge >= 0.3 is 0 Å². The third kappa shape index (κ3) is 2.23. The summed E-state index contributed by atoms with van der Waals surface area (Å²) < 4.78 is 4.95. The van der Waals surface area contributed by atoms with E-state index in [9.17, 15) is 5.11 Å². The fourth-order valence-corrected chi connectivity index (χ4v) is 0.998. The van der Waals surface area contributed by atoms with Crippen LogP contribution in [0.1, 0.15) is 5.89 Å². The molecular formula is C9H6LaN2O2. The van der Waals surface area contributed by atoms with Gasteiger partial charge < -0.3 is 9.52 Å². The van der Waals surface area contributed by atoms with E-state index in [1.54, 1.807) is 18.2 Å². The number of rotatable bonds is 1. The van der Waals surface area contributed by atoms with E-state index in [4.69, 9.17) is 11.3 Å². The minimum absolute atomic E-state index is 0. The molecule has 3 radical (unpaired) electrons. The summed E-state index contributed by atoms with van der Waals surface area (Å²) in [5.74, 6) is 0.292. The summed E-state index contributed by atoms with van der Waals surface area (Å²) in [4.78, 5) is 0. The molecule has 14 heavy (non-hydrogen) atoms. The van der Waals surface area contributed by atoms with Crippen LogP contribution in [0.15, 0.2) is 28.7 Å². The maximum atomic E-state index is 9.40. The molecule has 0 aliphatic rings. The minimum Gasteiger partial charge on any atom is -0.507 e. The van der Waals surface area contributed by atoms with Crippen LogP contribution in [0.3, 0.4) is 0 Å². The van der Waals surface area contributed by atoms with Crippen LogP contribution in [0, 0.1) is 42.5 Å². The Morgan fingerprint density at radius 1 is 1.21 bits per heavy atom. The Labute approximate surface area is 109 Å². The van der Waals surface area contributed by atoms with E-state index in [1.165, 1.54) is 6.07 Å². The Kier molecular flexibility index (Phi) is 3.86. The fourth-order valence-electron chi connectivity index (χ4n) is 0.998. The fraction of sp³-hybridized carbons (Fsp3) is 0. The first-order valence-corrected chi connectivity index (χ1v) is 3.65. The summed E-state index contributed by atoms with van der Waals surface area (Å²) in [6, 6.07) is 6.67. The van der Waals surface area contributed by atoms with Gasteiger partial charge in [-0.2, -0.15) is 0 Å². The first kappa shape index (κ1) is 11.4. The Morgan fingerprint density at radius 2 is 1.93 bits per heavy atom. The summed E-state index contributed by atoms with van der Waals surface area (Å²) in [5, 5.41) is 16.5. The van der Waals surface area contributed by atoms with E-state index in [0.717, 1.165) is 0 Å². The number of benzene rings is 1.